The van der Waals surface area contributed by atoms with Gasteiger partial charge in [-0.25, -0.2) is 9.78 Å². The van der Waals surface area contributed by atoms with Gasteiger partial charge < -0.3 is 10.4 Å². The summed E-state index contributed by atoms with van der Waals surface area (Å²) >= 11 is 2.70. The van der Waals surface area contributed by atoms with Gasteiger partial charge in [-0.3, -0.25) is 14.9 Å². The van der Waals surface area contributed by atoms with Gasteiger partial charge in [-0.2, -0.15) is 11.8 Å². The van der Waals surface area contributed by atoms with Crippen LogP contribution in [0.1, 0.15) is 16.9 Å². The molecular formula is C15H13N3O5S2. The molecule has 1 aliphatic rings. The molecule has 0 bridgehead atoms. The summed E-state index contributed by atoms with van der Waals surface area (Å²) in [5, 5.41) is 24.8. The van der Waals surface area contributed by atoms with E-state index in [1.54, 1.807) is 17.5 Å². The first-order valence-corrected chi connectivity index (χ1v) is 9.29. The van der Waals surface area contributed by atoms with Crippen molar-refractivity contribution in [2.45, 2.75) is 12.0 Å². The van der Waals surface area contributed by atoms with Crippen molar-refractivity contribution in [2.75, 3.05) is 11.5 Å². The average Bonchev–Trinajstić information content (AvgIpc) is 3.25. The van der Waals surface area contributed by atoms with E-state index >= 15 is 0 Å². The third kappa shape index (κ3) is 3.49. The summed E-state index contributed by atoms with van der Waals surface area (Å²) in [5.74, 6) is -0.573. The van der Waals surface area contributed by atoms with Crippen molar-refractivity contribution in [3.8, 4) is 10.6 Å². The Kier molecular flexibility index (Phi) is 4.73. The molecule has 1 fully saturated rings. The standard InChI is InChI=1S/C15H13N3O5S2/c19-12(17-15(14(20)21)5-6-24-8-15)11-7-25-13(16-11)9-1-3-10(4-2-9)18(22)23/h1-4,7H,5-6,8H2,(H,17,19)(H,20,21). The number of nitro benzene ring substituents is 1. The Hall–Kier alpha value is -2.46. The van der Waals surface area contributed by atoms with Gasteiger partial charge in [-0.05, 0) is 24.3 Å². The number of aliphatic carboxylic acids is 1. The van der Waals surface area contributed by atoms with Crippen LogP contribution in [0.2, 0.25) is 0 Å². The Morgan fingerprint density at radius 3 is 2.60 bits per heavy atom. The second-order valence-corrected chi connectivity index (χ2v) is 7.45. The minimum absolute atomic E-state index is 0.0274. The number of amides is 1. The van der Waals surface area contributed by atoms with Gasteiger partial charge in [-0.1, -0.05) is 0 Å². The van der Waals surface area contributed by atoms with Crippen LogP contribution < -0.4 is 5.32 Å². The van der Waals surface area contributed by atoms with Crippen LogP contribution >= 0.6 is 23.1 Å². The summed E-state index contributed by atoms with van der Waals surface area (Å²) < 4.78 is 0. The number of nitro groups is 1. The maximum absolute atomic E-state index is 12.4. The Morgan fingerprint density at radius 1 is 1.32 bits per heavy atom. The fraction of sp³-hybridized carbons (Fsp3) is 0.267. The highest BCUT2D eigenvalue weighted by Gasteiger charge is 2.43. The van der Waals surface area contributed by atoms with Crippen LogP contribution in [0.5, 0.6) is 0 Å². The molecule has 0 radical (unpaired) electrons. The third-order valence-corrected chi connectivity index (χ3v) is 5.93. The Balaban J connectivity index is 1.77. The van der Waals surface area contributed by atoms with E-state index in [1.807, 2.05) is 0 Å². The fourth-order valence-corrected chi connectivity index (χ4v) is 4.54. The second kappa shape index (κ2) is 6.81. The predicted octanol–water partition coefficient (Wildman–Crippen LogP) is 2.41. The number of hydrogen-bond donors (Lipinski definition) is 2. The molecule has 1 aromatic heterocycles. The third-order valence-electron chi connectivity index (χ3n) is 3.85. The zero-order valence-corrected chi connectivity index (χ0v) is 14.4. The number of carboxylic acid groups (broad SMARTS) is 1. The lowest BCUT2D eigenvalue weighted by Crippen LogP contribution is -2.54. The van der Waals surface area contributed by atoms with Crippen LogP contribution in [0.4, 0.5) is 5.69 Å². The summed E-state index contributed by atoms with van der Waals surface area (Å²) in [6, 6.07) is 5.85. The smallest absolute Gasteiger partial charge is 0.330 e. The number of carbonyl (C=O) groups is 2. The first-order chi connectivity index (χ1) is 11.9. The molecule has 10 heteroatoms. The van der Waals surface area contributed by atoms with Crippen LogP contribution in [0.3, 0.4) is 0 Å². The molecule has 1 atom stereocenters. The number of benzene rings is 1. The minimum Gasteiger partial charge on any atom is -0.479 e. The van der Waals surface area contributed by atoms with E-state index in [0.717, 1.165) is 0 Å². The lowest BCUT2D eigenvalue weighted by atomic mass is 9.99. The van der Waals surface area contributed by atoms with Gasteiger partial charge in [0.15, 0.2) is 0 Å². The van der Waals surface area contributed by atoms with Crippen molar-refractivity contribution in [1.29, 1.82) is 0 Å². The van der Waals surface area contributed by atoms with Crippen LogP contribution in [0.25, 0.3) is 10.6 Å². The number of carboxylic acids is 1. The fourth-order valence-electron chi connectivity index (χ4n) is 2.40. The molecule has 8 nitrogen and oxygen atoms in total. The molecule has 2 aromatic rings. The molecule has 1 unspecified atom stereocenters. The van der Waals surface area contributed by atoms with E-state index in [9.17, 15) is 24.8 Å². The zero-order valence-electron chi connectivity index (χ0n) is 12.8. The Morgan fingerprint density at radius 2 is 2.04 bits per heavy atom. The highest BCUT2D eigenvalue weighted by Crippen LogP contribution is 2.30. The number of thiazole rings is 1. The molecule has 1 saturated heterocycles. The monoisotopic (exact) mass is 379 g/mol. The van der Waals surface area contributed by atoms with Gasteiger partial charge in [0.1, 0.15) is 16.2 Å². The van der Waals surface area contributed by atoms with Crippen molar-refractivity contribution in [2.24, 2.45) is 0 Å². The van der Waals surface area contributed by atoms with E-state index in [-0.39, 0.29) is 11.4 Å². The van der Waals surface area contributed by atoms with E-state index in [4.69, 9.17) is 0 Å². The molecule has 1 amide bonds. The SMILES string of the molecule is O=C(NC1(C(=O)O)CCSC1)c1csc(-c2ccc([N+](=O)[O-])cc2)n1. The highest BCUT2D eigenvalue weighted by atomic mass is 32.2. The van der Waals surface area contributed by atoms with E-state index < -0.39 is 22.3 Å². The average molecular weight is 379 g/mol. The van der Waals surface area contributed by atoms with Crippen molar-refractivity contribution in [1.82, 2.24) is 10.3 Å². The number of carbonyl (C=O) groups excluding carboxylic acids is 1. The summed E-state index contributed by atoms with van der Waals surface area (Å²) in [7, 11) is 0. The van der Waals surface area contributed by atoms with E-state index in [1.165, 1.54) is 35.2 Å². The van der Waals surface area contributed by atoms with Crippen LogP contribution in [-0.4, -0.2) is 43.9 Å². The molecule has 2 N–H and O–H groups in total. The Labute approximate surface area is 150 Å². The number of non-ortho nitro benzene ring substituents is 1. The van der Waals surface area contributed by atoms with Gasteiger partial charge in [0.05, 0.1) is 4.92 Å². The molecular weight excluding hydrogens is 366 g/mol. The van der Waals surface area contributed by atoms with Gasteiger partial charge in [0.25, 0.3) is 11.6 Å². The van der Waals surface area contributed by atoms with E-state index in [2.05, 4.69) is 10.3 Å². The molecule has 25 heavy (non-hydrogen) atoms. The molecule has 1 aromatic carbocycles. The van der Waals surface area contributed by atoms with Gasteiger partial charge >= 0.3 is 5.97 Å². The lowest BCUT2D eigenvalue weighted by molar-refractivity contribution is -0.384. The van der Waals surface area contributed by atoms with Crippen molar-refractivity contribution in [3.63, 3.8) is 0 Å². The predicted molar refractivity (Wildman–Crippen MR) is 94.0 cm³/mol. The number of nitrogens with zero attached hydrogens (tertiary/aromatic N) is 2. The number of thioether (sulfide) groups is 1. The molecule has 0 spiro atoms. The van der Waals surface area contributed by atoms with Crippen molar-refractivity contribution >= 4 is 40.7 Å². The molecule has 2 heterocycles. The number of aromatic nitrogens is 1. The van der Waals surface area contributed by atoms with Crippen LogP contribution in [-0.2, 0) is 4.79 Å². The van der Waals surface area contributed by atoms with Crippen LogP contribution in [0.15, 0.2) is 29.6 Å². The normalized spacial score (nSPS) is 19.5. The summed E-state index contributed by atoms with van der Waals surface area (Å²) in [4.78, 5) is 38.3. The van der Waals surface area contributed by atoms with Crippen molar-refractivity contribution < 1.29 is 19.6 Å². The molecule has 3 rings (SSSR count). The largest absolute Gasteiger partial charge is 0.479 e. The summed E-state index contributed by atoms with van der Waals surface area (Å²) in [6.07, 6.45) is 0.373. The number of nitrogens with one attached hydrogen (secondary N) is 1. The summed E-state index contributed by atoms with van der Waals surface area (Å²) in [6.45, 7) is 0. The second-order valence-electron chi connectivity index (χ2n) is 5.49. The van der Waals surface area contributed by atoms with Gasteiger partial charge in [0.2, 0.25) is 0 Å². The molecule has 1 aliphatic heterocycles. The molecule has 130 valence electrons. The number of hydrogen-bond acceptors (Lipinski definition) is 7. The first-order valence-electron chi connectivity index (χ1n) is 7.25. The maximum atomic E-state index is 12.4. The van der Waals surface area contributed by atoms with Gasteiger partial charge in [-0.15, -0.1) is 11.3 Å². The topological polar surface area (TPSA) is 122 Å². The minimum atomic E-state index is -1.25. The summed E-state index contributed by atoms with van der Waals surface area (Å²) in [5.41, 5.74) is -0.492. The lowest BCUT2D eigenvalue weighted by Gasteiger charge is -2.23. The molecule has 0 saturated carbocycles. The zero-order chi connectivity index (χ0) is 18.0. The highest BCUT2D eigenvalue weighted by molar-refractivity contribution is 7.99. The molecule has 0 aliphatic carbocycles. The quantitative estimate of drug-likeness (QED) is 0.604. The van der Waals surface area contributed by atoms with Gasteiger partial charge in [0, 0.05) is 28.8 Å². The first kappa shape index (κ1) is 17.4. The van der Waals surface area contributed by atoms with E-state index in [0.29, 0.717) is 28.5 Å². The Bertz CT molecular complexity index is 828. The maximum Gasteiger partial charge on any atom is 0.330 e. The van der Waals surface area contributed by atoms with Crippen LogP contribution in [0, 0.1) is 10.1 Å². The van der Waals surface area contributed by atoms with Crippen molar-refractivity contribution in [3.05, 3.63) is 45.5 Å². The number of rotatable bonds is 5.